The number of anilines is 1. The van der Waals surface area contributed by atoms with Crippen LogP contribution < -0.4 is 11.1 Å². The Balaban J connectivity index is 1.89. The summed E-state index contributed by atoms with van der Waals surface area (Å²) in [6.07, 6.45) is -3.50. The van der Waals surface area contributed by atoms with Crippen LogP contribution in [0.25, 0.3) is 0 Å². The summed E-state index contributed by atoms with van der Waals surface area (Å²) in [7, 11) is 0. The fraction of sp³-hybridized carbons (Fsp3) is 0.462. The van der Waals surface area contributed by atoms with Gasteiger partial charge in [0.05, 0.1) is 18.6 Å². The van der Waals surface area contributed by atoms with Crippen LogP contribution in [0, 0.1) is 0 Å². The predicted molar refractivity (Wildman–Crippen MR) is 69.4 cm³/mol. The van der Waals surface area contributed by atoms with Gasteiger partial charge in [-0.15, -0.1) is 0 Å². The van der Waals surface area contributed by atoms with E-state index in [0.29, 0.717) is 5.69 Å². The van der Waals surface area contributed by atoms with E-state index in [0.717, 1.165) is 0 Å². The van der Waals surface area contributed by atoms with Gasteiger partial charge in [0, 0.05) is 12.2 Å². The van der Waals surface area contributed by atoms with Gasteiger partial charge in [-0.1, -0.05) is 18.2 Å². The first-order valence-electron chi connectivity index (χ1n) is 6.18. The maximum Gasteiger partial charge on any atom is 0.227 e. The first-order valence-corrected chi connectivity index (χ1v) is 6.18. The molecule has 1 aromatic carbocycles. The van der Waals surface area contributed by atoms with Crippen LogP contribution in [0.2, 0.25) is 0 Å². The molecule has 0 saturated carbocycles. The molecule has 0 radical (unpaired) electrons. The number of rotatable bonds is 4. The van der Waals surface area contributed by atoms with Gasteiger partial charge in [0.2, 0.25) is 5.91 Å². The number of carbonyl (C=O) groups excluding carboxylic acids is 1. The Hall–Kier alpha value is -1.47. The number of hydrogen-bond donors (Lipinski definition) is 4. The molecule has 2 rings (SSSR count). The maximum atomic E-state index is 11.8. The molecular weight excluding hydrogens is 248 g/mol. The van der Waals surface area contributed by atoms with Gasteiger partial charge < -0.3 is 26.0 Å². The molecule has 1 fully saturated rings. The molecule has 1 aliphatic heterocycles. The van der Waals surface area contributed by atoms with E-state index in [4.69, 9.17) is 10.5 Å². The number of hydrogen-bond acceptors (Lipinski definition) is 5. The van der Waals surface area contributed by atoms with Crippen molar-refractivity contribution in [3.05, 3.63) is 30.3 Å². The number of aliphatic hydroxyl groups excluding tert-OH is 2. The number of benzene rings is 1. The summed E-state index contributed by atoms with van der Waals surface area (Å²) in [6.45, 7) is 0.106. The van der Waals surface area contributed by atoms with Crippen molar-refractivity contribution in [3.8, 4) is 0 Å². The van der Waals surface area contributed by atoms with Crippen molar-refractivity contribution in [2.75, 3.05) is 11.9 Å². The average Bonchev–Trinajstić information content (AvgIpc) is 2.67. The van der Waals surface area contributed by atoms with E-state index < -0.39 is 24.4 Å². The van der Waals surface area contributed by atoms with E-state index in [1.807, 2.05) is 18.2 Å². The van der Waals surface area contributed by atoms with Crippen LogP contribution in [0.3, 0.4) is 0 Å². The zero-order valence-electron chi connectivity index (χ0n) is 10.4. The Labute approximate surface area is 111 Å². The van der Waals surface area contributed by atoms with Gasteiger partial charge in [-0.05, 0) is 12.1 Å². The van der Waals surface area contributed by atoms with Gasteiger partial charge in [-0.2, -0.15) is 0 Å². The SMILES string of the molecule is NC[C@H]1O[C@H](CC(=O)Nc2ccccc2)[C@H](O)[C@@H]1O. The van der Waals surface area contributed by atoms with Crippen molar-refractivity contribution in [1.29, 1.82) is 0 Å². The number of nitrogens with two attached hydrogens (primary N) is 1. The van der Waals surface area contributed by atoms with Crippen molar-refractivity contribution >= 4 is 11.6 Å². The summed E-state index contributed by atoms with van der Waals surface area (Å²) in [5, 5.41) is 22.1. The van der Waals surface area contributed by atoms with E-state index in [9.17, 15) is 15.0 Å². The van der Waals surface area contributed by atoms with Crippen LogP contribution in [0.15, 0.2) is 30.3 Å². The van der Waals surface area contributed by atoms with Crippen LogP contribution in [0.1, 0.15) is 6.42 Å². The van der Waals surface area contributed by atoms with E-state index in [1.165, 1.54) is 0 Å². The van der Waals surface area contributed by atoms with Crippen LogP contribution in [0.5, 0.6) is 0 Å². The topological polar surface area (TPSA) is 105 Å². The van der Waals surface area contributed by atoms with E-state index >= 15 is 0 Å². The lowest BCUT2D eigenvalue weighted by molar-refractivity contribution is -0.120. The highest BCUT2D eigenvalue weighted by Crippen LogP contribution is 2.23. The molecule has 6 nitrogen and oxygen atoms in total. The lowest BCUT2D eigenvalue weighted by Gasteiger charge is -2.14. The summed E-state index contributed by atoms with van der Waals surface area (Å²) in [6, 6.07) is 9.00. The molecule has 0 spiro atoms. The van der Waals surface area contributed by atoms with Gasteiger partial charge in [0.1, 0.15) is 12.2 Å². The maximum absolute atomic E-state index is 11.8. The molecule has 1 heterocycles. The number of ether oxygens (including phenoxy) is 1. The monoisotopic (exact) mass is 266 g/mol. The first-order chi connectivity index (χ1) is 9.11. The number of amides is 1. The molecule has 0 unspecified atom stereocenters. The molecule has 19 heavy (non-hydrogen) atoms. The molecule has 1 saturated heterocycles. The zero-order chi connectivity index (χ0) is 13.8. The van der Waals surface area contributed by atoms with Crippen LogP contribution in [-0.4, -0.2) is 47.1 Å². The van der Waals surface area contributed by atoms with Crippen LogP contribution in [0.4, 0.5) is 5.69 Å². The molecule has 5 N–H and O–H groups in total. The van der Waals surface area contributed by atoms with Crippen molar-refractivity contribution in [2.24, 2.45) is 5.73 Å². The first kappa shape index (κ1) is 14.0. The normalized spacial score (nSPS) is 30.3. The minimum absolute atomic E-state index is 0.0242. The summed E-state index contributed by atoms with van der Waals surface area (Å²) in [5.41, 5.74) is 6.08. The largest absolute Gasteiger partial charge is 0.388 e. The van der Waals surface area contributed by atoms with Crippen molar-refractivity contribution in [1.82, 2.24) is 0 Å². The Morgan fingerprint density at radius 1 is 1.21 bits per heavy atom. The summed E-state index contributed by atoms with van der Waals surface area (Å²) < 4.78 is 5.36. The molecule has 1 aliphatic rings. The van der Waals surface area contributed by atoms with E-state index in [2.05, 4.69) is 5.32 Å². The molecule has 104 valence electrons. The molecule has 4 atom stereocenters. The number of carbonyl (C=O) groups is 1. The lowest BCUT2D eigenvalue weighted by Crippen LogP contribution is -2.36. The molecule has 1 amide bonds. The van der Waals surface area contributed by atoms with Crippen molar-refractivity contribution < 1.29 is 19.7 Å². The lowest BCUT2D eigenvalue weighted by atomic mass is 10.1. The molecule has 0 aromatic heterocycles. The predicted octanol–water partition coefficient (Wildman–Crippen LogP) is -0.537. The second-order valence-corrected chi connectivity index (χ2v) is 4.55. The Morgan fingerprint density at radius 2 is 1.84 bits per heavy atom. The number of para-hydroxylation sites is 1. The number of aliphatic hydroxyl groups is 2. The molecular formula is C13H18N2O4. The summed E-state index contributed by atoms with van der Waals surface area (Å²) in [4.78, 5) is 11.8. The van der Waals surface area contributed by atoms with Gasteiger partial charge in [-0.3, -0.25) is 4.79 Å². The minimum atomic E-state index is -1.09. The van der Waals surface area contributed by atoms with Gasteiger partial charge in [0.25, 0.3) is 0 Å². The molecule has 1 aromatic rings. The smallest absolute Gasteiger partial charge is 0.227 e. The summed E-state index contributed by atoms with van der Waals surface area (Å²) in [5.74, 6) is -0.278. The Morgan fingerprint density at radius 3 is 2.42 bits per heavy atom. The minimum Gasteiger partial charge on any atom is -0.388 e. The van der Waals surface area contributed by atoms with Crippen molar-refractivity contribution in [2.45, 2.75) is 30.8 Å². The van der Waals surface area contributed by atoms with Crippen LogP contribution in [-0.2, 0) is 9.53 Å². The second-order valence-electron chi connectivity index (χ2n) is 4.55. The summed E-state index contributed by atoms with van der Waals surface area (Å²) >= 11 is 0. The Kier molecular flexibility index (Phi) is 4.49. The highest BCUT2D eigenvalue weighted by Gasteiger charge is 2.42. The van der Waals surface area contributed by atoms with Gasteiger partial charge in [0.15, 0.2) is 0 Å². The van der Waals surface area contributed by atoms with E-state index in [-0.39, 0.29) is 18.9 Å². The zero-order valence-corrected chi connectivity index (χ0v) is 10.4. The fourth-order valence-corrected chi connectivity index (χ4v) is 2.11. The highest BCUT2D eigenvalue weighted by molar-refractivity contribution is 5.91. The van der Waals surface area contributed by atoms with E-state index in [1.54, 1.807) is 12.1 Å². The average molecular weight is 266 g/mol. The Bertz CT molecular complexity index is 426. The fourth-order valence-electron chi connectivity index (χ4n) is 2.11. The van der Waals surface area contributed by atoms with Gasteiger partial charge in [-0.25, -0.2) is 0 Å². The third-order valence-electron chi connectivity index (χ3n) is 3.14. The quantitative estimate of drug-likeness (QED) is 0.586. The molecule has 0 bridgehead atoms. The third-order valence-corrected chi connectivity index (χ3v) is 3.14. The number of nitrogens with one attached hydrogen (secondary N) is 1. The standard InChI is InChI=1S/C13H18N2O4/c14-7-10-13(18)12(17)9(19-10)6-11(16)15-8-4-2-1-3-5-8/h1-5,9-10,12-13,17-18H,6-7,14H2,(H,15,16)/t9-,10-,12+,13-/m1/s1. The van der Waals surface area contributed by atoms with Gasteiger partial charge >= 0.3 is 0 Å². The van der Waals surface area contributed by atoms with Crippen molar-refractivity contribution in [3.63, 3.8) is 0 Å². The second kappa shape index (κ2) is 6.12. The third kappa shape index (κ3) is 3.30. The van der Waals surface area contributed by atoms with Crippen LogP contribution >= 0.6 is 0 Å². The molecule has 0 aliphatic carbocycles. The highest BCUT2D eigenvalue weighted by atomic mass is 16.5. The molecule has 6 heteroatoms.